The highest BCUT2D eigenvalue weighted by molar-refractivity contribution is 14.0. The van der Waals surface area contributed by atoms with E-state index in [1.807, 2.05) is 7.05 Å². The minimum Gasteiger partial charge on any atom is -0.356 e. The molecule has 0 heterocycles. The number of halogens is 1. The Hall–Kier alpha value is -0.0400. The molecule has 0 saturated heterocycles. The molecule has 0 amide bonds. The van der Waals surface area contributed by atoms with E-state index in [9.17, 15) is 0 Å². The maximum atomic E-state index is 4.28. The Bertz CT molecular complexity index is 238. The molecule has 2 N–H and O–H groups in total. The van der Waals surface area contributed by atoms with E-state index in [1.165, 1.54) is 32.2 Å². The van der Waals surface area contributed by atoms with Gasteiger partial charge in [-0.1, -0.05) is 40.5 Å². The maximum Gasteiger partial charge on any atom is 0.190 e. The fourth-order valence-corrected chi connectivity index (χ4v) is 2.25. The predicted molar refractivity (Wildman–Crippen MR) is 106 cm³/mol. The van der Waals surface area contributed by atoms with Crippen molar-refractivity contribution in [2.45, 2.75) is 53.4 Å². The first-order chi connectivity index (χ1) is 9.71. The van der Waals surface area contributed by atoms with Gasteiger partial charge in [0.05, 0.1) is 0 Å². The Morgan fingerprint density at radius 2 is 1.62 bits per heavy atom. The summed E-state index contributed by atoms with van der Waals surface area (Å²) in [6, 6.07) is 0. The topological polar surface area (TPSA) is 39.7 Å². The third-order valence-electron chi connectivity index (χ3n) is 4.02. The molecule has 0 aliphatic carbocycles. The zero-order chi connectivity index (χ0) is 15.2. The van der Waals surface area contributed by atoms with Crippen molar-refractivity contribution in [1.29, 1.82) is 0 Å². The number of nitrogens with one attached hydrogen (secondary N) is 2. The molecule has 0 unspecified atom stereocenters. The Morgan fingerprint density at radius 1 is 1.00 bits per heavy atom. The van der Waals surface area contributed by atoms with Gasteiger partial charge in [-0.05, 0) is 38.4 Å². The number of unbranched alkanes of at least 4 members (excludes halogenated alkanes) is 1. The van der Waals surface area contributed by atoms with Gasteiger partial charge in [0.2, 0.25) is 0 Å². The minimum absolute atomic E-state index is 0. The summed E-state index contributed by atoms with van der Waals surface area (Å²) in [6.45, 7) is 14.5. The van der Waals surface area contributed by atoms with Crippen LogP contribution in [-0.2, 0) is 0 Å². The Labute approximate surface area is 149 Å². The Kier molecular flexibility index (Phi) is 18.1. The SMILES string of the molecule is CCC(CC)CNC(=NC)NCCCCN(CC)CC.I. The molecule has 0 rings (SSSR count). The van der Waals surface area contributed by atoms with Crippen molar-refractivity contribution in [3.05, 3.63) is 0 Å². The second-order valence-corrected chi connectivity index (χ2v) is 5.30. The van der Waals surface area contributed by atoms with E-state index < -0.39 is 0 Å². The van der Waals surface area contributed by atoms with Crippen LogP contribution in [0.3, 0.4) is 0 Å². The zero-order valence-electron chi connectivity index (χ0n) is 14.7. The van der Waals surface area contributed by atoms with Crippen molar-refractivity contribution >= 4 is 29.9 Å². The normalized spacial score (nSPS) is 11.7. The van der Waals surface area contributed by atoms with Crippen LogP contribution in [0, 0.1) is 5.92 Å². The van der Waals surface area contributed by atoms with E-state index in [0.717, 1.165) is 38.1 Å². The van der Waals surface area contributed by atoms with Gasteiger partial charge in [-0.2, -0.15) is 0 Å². The van der Waals surface area contributed by atoms with E-state index in [0.29, 0.717) is 0 Å². The lowest BCUT2D eigenvalue weighted by atomic mass is 10.0. The van der Waals surface area contributed by atoms with Gasteiger partial charge >= 0.3 is 0 Å². The average Bonchev–Trinajstić information content (AvgIpc) is 2.49. The first-order valence-corrected chi connectivity index (χ1v) is 8.38. The van der Waals surface area contributed by atoms with Crippen LogP contribution in [0.2, 0.25) is 0 Å². The van der Waals surface area contributed by atoms with Crippen molar-refractivity contribution in [2.75, 3.05) is 39.8 Å². The fraction of sp³-hybridized carbons (Fsp3) is 0.938. The summed E-state index contributed by atoms with van der Waals surface area (Å²) < 4.78 is 0. The summed E-state index contributed by atoms with van der Waals surface area (Å²) >= 11 is 0. The highest BCUT2D eigenvalue weighted by atomic mass is 127. The molecular weight excluding hydrogens is 375 g/mol. The van der Waals surface area contributed by atoms with E-state index in [1.54, 1.807) is 0 Å². The smallest absolute Gasteiger partial charge is 0.190 e. The van der Waals surface area contributed by atoms with Gasteiger partial charge in [0, 0.05) is 20.1 Å². The van der Waals surface area contributed by atoms with Gasteiger partial charge in [0.1, 0.15) is 0 Å². The minimum atomic E-state index is 0. The standard InChI is InChI=1S/C16H36N4.HI/c1-6-15(7-2)14-19-16(17-5)18-12-10-11-13-20(8-3)9-4;/h15H,6-14H2,1-5H3,(H2,17,18,19);1H. The number of hydrogen-bond acceptors (Lipinski definition) is 2. The molecule has 21 heavy (non-hydrogen) atoms. The van der Waals surface area contributed by atoms with E-state index in [4.69, 9.17) is 0 Å². The van der Waals surface area contributed by atoms with Crippen LogP contribution >= 0.6 is 24.0 Å². The van der Waals surface area contributed by atoms with Crippen LogP contribution < -0.4 is 10.6 Å². The fourth-order valence-electron chi connectivity index (χ4n) is 2.25. The van der Waals surface area contributed by atoms with Gasteiger partial charge in [0.25, 0.3) is 0 Å². The van der Waals surface area contributed by atoms with Gasteiger partial charge in [0.15, 0.2) is 5.96 Å². The lowest BCUT2D eigenvalue weighted by Gasteiger charge is -2.18. The predicted octanol–water partition coefficient (Wildman–Crippen LogP) is 3.33. The zero-order valence-corrected chi connectivity index (χ0v) is 17.1. The second kappa shape index (κ2) is 16.3. The quantitative estimate of drug-likeness (QED) is 0.237. The molecule has 128 valence electrons. The summed E-state index contributed by atoms with van der Waals surface area (Å²) in [5, 5.41) is 6.82. The van der Waals surface area contributed by atoms with Crippen LogP contribution in [0.25, 0.3) is 0 Å². The molecule has 0 saturated carbocycles. The lowest BCUT2D eigenvalue weighted by molar-refractivity contribution is 0.297. The number of guanidine groups is 1. The molecule has 0 spiro atoms. The van der Waals surface area contributed by atoms with Crippen molar-refractivity contribution < 1.29 is 0 Å². The molecule has 0 aliphatic heterocycles. The first-order valence-electron chi connectivity index (χ1n) is 8.38. The third-order valence-corrected chi connectivity index (χ3v) is 4.02. The van der Waals surface area contributed by atoms with Crippen LogP contribution in [0.4, 0.5) is 0 Å². The molecule has 4 nitrogen and oxygen atoms in total. The summed E-state index contributed by atoms with van der Waals surface area (Å²) in [6.07, 6.45) is 4.90. The van der Waals surface area contributed by atoms with Gasteiger partial charge in [-0.15, -0.1) is 24.0 Å². The lowest BCUT2D eigenvalue weighted by Crippen LogP contribution is -2.40. The first kappa shape index (κ1) is 23.2. The summed E-state index contributed by atoms with van der Waals surface area (Å²) in [5.74, 6) is 1.69. The molecule has 0 atom stereocenters. The molecule has 0 aromatic carbocycles. The van der Waals surface area contributed by atoms with Crippen LogP contribution in [0.5, 0.6) is 0 Å². The number of aliphatic imine (C=N–C) groups is 1. The van der Waals surface area contributed by atoms with Gasteiger partial charge < -0.3 is 15.5 Å². The monoisotopic (exact) mass is 412 g/mol. The molecule has 5 heteroatoms. The van der Waals surface area contributed by atoms with E-state index in [2.05, 4.69) is 48.2 Å². The number of hydrogen-bond donors (Lipinski definition) is 2. The molecule has 0 aromatic rings. The van der Waals surface area contributed by atoms with Gasteiger partial charge in [-0.25, -0.2) is 0 Å². The van der Waals surface area contributed by atoms with Crippen LogP contribution in [0.15, 0.2) is 4.99 Å². The highest BCUT2D eigenvalue weighted by Gasteiger charge is 2.04. The van der Waals surface area contributed by atoms with Crippen LogP contribution in [-0.4, -0.2) is 50.6 Å². The van der Waals surface area contributed by atoms with Gasteiger partial charge in [-0.3, -0.25) is 4.99 Å². The van der Waals surface area contributed by atoms with Crippen molar-refractivity contribution in [2.24, 2.45) is 10.9 Å². The van der Waals surface area contributed by atoms with E-state index in [-0.39, 0.29) is 24.0 Å². The maximum absolute atomic E-state index is 4.28. The second-order valence-electron chi connectivity index (χ2n) is 5.30. The largest absolute Gasteiger partial charge is 0.356 e. The Morgan fingerprint density at radius 3 is 2.10 bits per heavy atom. The van der Waals surface area contributed by atoms with Crippen LogP contribution in [0.1, 0.15) is 53.4 Å². The van der Waals surface area contributed by atoms with Crippen molar-refractivity contribution in [3.63, 3.8) is 0 Å². The summed E-state index contributed by atoms with van der Waals surface area (Å²) in [5.41, 5.74) is 0. The molecular formula is C16H37IN4. The Balaban J connectivity index is 0. The average molecular weight is 412 g/mol. The molecule has 0 bridgehead atoms. The molecule has 0 fully saturated rings. The number of nitrogens with zero attached hydrogens (tertiary/aromatic N) is 2. The molecule has 0 aliphatic rings. The number of rotatable bonds is 11. The third kappa shape index (κ3) is 12.2. The summed E-state index contributed by atoms with van der Waals surface area (Å²) in [4.78, 5) is 6.75. The van der Waals surface area contributed by atoms with E-state index >= 15 is 0 Å². The molecule has 0 aromatic heterocycles. The highest BCUT2D eigenvalue weighted by Crippen LogP contribution is 2.04. The van der Waals surface area contributed by atoms with Crippen molar-refractivity contribution in [1.82, 2.24) is 15.5 Å². The van der Waals surface area contributed by atoms with Crippen molar-refractivity contribution in [3.8, 4) is 0 Å². The molecule has 0 radical (unpaired) electrons. The summed E-state index contributed by atoms with van der Waals surface area (Å²) in [7, 11) is 1.85.